The van der Waals surface area contributed by atoms with Gasteiger partial charge in [0, 0.05) is 12.0 Å². The molecule has 18 heavy (non-hydrogen) atoms. The molecule has 0 aromatic carbocycles. The van der Waals surface area contributed by atoms with Crippen LogP contribution >= 0.6 is 11.8 Å². The van der Waals surface area contributed by atoms with E-state index in [-0.39, 0.29) is 17.0 Å². The average Bonchev–Trinajstić information content (AvgIpc) is 2.26. The lowest BCUT2D eigenvalue weighted by atomic mass is 9.72. The summed E-state index contributed by atoms with van der Waals surface area (Å²) in [5, 5.41) is 3.40. The standard InChI is InChI=1S/C15H29NOS/c1-11(16-6)14-12(2)17-13(3)18-10-8-7-9-15(14,4)5/h7,9,11-14,16H,8,10H2,1-6H3/b9-7+. The Hall–Kier alpha value is 0.01000. The van der Waals surface area contributed by atoms with Gasteiger partial charge in [-0.25, -0.2) is 0 Å². The van der Waals surface area contributed by atoms with Crippen LogP contribution in [0.25, 0.3) is 0 Å². The molecule has 0 aromatic rings. The van der Waals surface area contributed by atoms with Gasteiger partial charge in [0.2, 0.25) is 0 Å². The molecule has 0 aromatic heterocycles. The molecule has 0 fully saturated rings. The fourth-order valence-corrected chi connectivity index (χ4v) is 3.92. The molecule has 1 heterocycles. The molecule has 0 radical (unpaired) electrons. The highest BCUT2D eigenvalue weighted by Crippen LogP contribution is 2.37. The Morgan fingerprint density at radius 1 is 1.39 bits per heavy atom. The molecule has 0 saturated heterocycles. The number of thioether (sulfide) groups is 1. The van der Waals surface area contributed by atoms with Crippen molar-refractivity contribution in [2.45, 2.75) is 58.6 Å². The Bertz CT molecular complexity index is 278. The second kappa shape index (κ2) is 6.97. The third kappa shape index (κ3) is 4.29. The molecule has 1 aliphatic heterocycles. The topological polar surface area (TPSA) is 21.3 Å². The Balaban J connectivity index is 2.97. The van der Waals surface area contributed by atoms with Crippen molar-refractivity contribution in [1.29, 1.82) is 0 Å². The summed E-state index contributed by atoms with van der Waals surface area (Å²) in [5.41, 5.74) is 0.442. The number of allylic oxidation sites excluding steroid dienone is 2. The van der Waals surface area contributed by atoms with Gasteiger partial charge in [-0.05, 0) is 45.4 Å². The summed E-state index contributed by atoms with van der Waals surface area (Å²) in [6.45, 7) is 11.3. The lowest BCUT2D eigenvalue weighted by Crippen LogP contribution is -2.46. The van der Waals surface area contributed by atoms with E-state index in [0.717, 1.165) is 12.2 Å². The Labute approximate surface area is 117 Å². The quantitative estimate of drug-likeness (QED) is 0.774. The molecule has 0 bridgehead atoms. The predicted octanol–water partition coefficient (Wildman–Crippen LogP) is 3.68. The zero-order chi connectivity index (χ0) is 13.8. The first kappa shape index (κ1) is 16.1. The van der Waals surface area contributed by atoms with Crippen LogP contribution in [0.4, 0.5) is 0 Å². The number of hydrogen-bond acceptors (Lipinski definition) is 3. The van der Waals surface area contributed by atoms with Crippen molar-refractivity contribution in [3.63, 3.8) is 0 Å². The predicted molar refractivity (Wildman–Crippen MR) is 82.0 cm³/mol. The number of ether oxygens (including phenoxy) is 1. The van der Waals surface area contributed by atoms with E-state index < -0.39 is 0 Å². The molecule has 4 atom stereocenters. The summed E-state index contributed by atoms with van der Waals surface area (Å²) in [4.78, 5) is 0. The summed E-state index contributed by atoms with van der Waals surface area (Å²) >= 11 is 1.91. The van der Waals surface area contributed by atoms with E-state index in [4.69, 9.17) is 4.74 Å². The molecular weight excluding hydrogens is 242 g/mol. The number of rotatable bonds is 2. The first-order valence-corrected chi connectivity index (χ1v) is 8.05. The Kier molecular flexibility index (Phi) is 6.22. The van der Waals surface area contributed by atoms with Crippen LogP contribution in [0, 0.1) is 11.3 Å². The van der Waals surface area contributed by atoms with Crippen molar-refractivity contribution >= 4 is 11.8 Å². The molecule has 1 rings (SSSR count). The van der Waals surface area contributed by atoms with Gasteiger partial charge in [0.05, 0.1) is 6.10 Å². The summed E-state index contributed by atoms with van der Waals surface area (Å²) in [6, 6.07) is 0.441. The van der Waals surface area contributed by atoms with Gasteiger partial charge >= 0.3 is 0 Å². The van der Waals surface area contributed by atoms with Gasteiger partial charge in [-0.15, -0.1) is 11.8 Å². The largest absolute Gasteiger partial charge is 0.365 e. The van der Waals surface area contributed by atoms with E-state index >= 15 is 0 Å². The van der Waals surface area contributed by atoms with E-state index in [1.807, 2.05) is 18.8 Å². The van der Waals surface area contributed by atoms with Crippen LogP contribution in [-0.4, -0.2) is 30.4 Å². The Morgan fingerprint density at radius 2 is 2.06 bits per heavy atom. The van der Waals surface area contributed by atoms with Crippen molar-refractivity contribution < 1.29 is 4.74 Å². The van der Waals surface area contributed by atoms with E-state index in [2.05, 4.69) is 52.1 Å². The van der Waals surface area contributed by atoms with Crippen LogP contribution in [-0.2, 0) is 4.74 Å². The van der Waals surface area contributed by atoms with Gasteiger partial charge in [0.25, 0.3) is 0 Å². The van der Waals surface area contributed by atoms with Crippen LogP contribution in [0.3, 0.4) is 0 Å². The SMILES string of the molecule is CNC(C)C1C(C)OC(C)SCC/C=C/C1(C)C. The van der Waals surface area contributed by atoms with Crippen molar-refractivity contribution in [1.82, 2.24) is 5.32 Å². The average molecular weight is 271 g/mol. The molecule has 3 heteroatoms. The maximum atomic E-state index is 6.19. The third-order valence-corrected chi connectivity index (χ3v) is 5.00. The molecule has 4 unspecified atom stereocenters. The van der Waals surface area contributed by atoms with Crippen LogP contribution in [0.5, 0.6) is 0 Å². The normalized spacial score (nSPS) is 36.9. The smallest absolute Gasteiger partial charge is 0.100 e. The van der Waals surface area contributed by atoms with E-state index in [1.54, 1.807) is 0 Å². The molecule has 0 spiro atoms. The summed E-state index contributed by atoms with van der Waals surface area (Å²) in [6.07, 6.45) is 6.11. The van der Waals surface area contributed by atoms with Gasteiger partial charge in [-0.3, -0.25) is 0 Å². The van der Waals surface area contributed by atoms with Gasteiger partial charge in [0.15, 0.2) is 0 Å². The van der Waals surface area contributed by atoms with Crippen molar-refractivity contribution in [2.75, 3.05) is 12.8 Å². The van der Waals surface area contributed by atoms with Gasteiger partial charge in [0.1, 0.15) is 5.44 Å². The summed E-state index contributed by atoms with van der Waals surface area (Å²) < 4.78 is 6.19. The minimum atomic E-state index is 0.156. The zero-order valence-electron chi connectivity index (χ0n) is 12.7. The van der Waals surface area contributed by atoms with Gasteiger partial charge in [-0.2, -0.15) is 0 Å². The lowest BCUT2D eigenvalue weighted by molar-refractivity contribution is -0.0247. The fourth-order valence-electron chi connectivity index (χ4n) is 3.06. The minimum Gasteiger partial charge on any atom is -0.365 e. The number of nitrogens with one attached hydrogen (secondary N) is 1. The highest BCUT2D eigenvalue weighted by Gasteiger charge is 2.36. The van der Waals surface area contributed by atoms with Crippen molar-refractivity contribution in [2.24, 2.45) is 11.3 Å². The lowest BCUT2D eigenvalue weighted by Gasteiger charge is -2.41. The maximum Gasteiger partial charge on any atom is 0.100 e. The van der Waals surface area contributed by atoms with Crippen LogP contribution in [0.1, 0.15) is 41.0 Å². The summed E-state index contributed by atoms with van der Waals surface area (Å²) in [7, 11) is 2.04. The van der Waals surface area contributed by atoms with E-state index in [9.17, 15) is 0 Å². The first-order chi connectivity index (χ1) is 8.38. The number of hydrogen-bond donors (Lipinski definition) is 1. The molecule has 0 aliphatic carbocycles. The monoisotopic (exact) mass is 271 g/mol. The minimum absolute atomic E-state index is 0.156. The van der Waals surface area contributed by atoms with Gasteiger partial charge < -0.3 is 10.1 Å². The molecule has 1 aliphatic rings. The summed E-state index contributed by atoms with van der Waals surface area (Å²) in [5.74, 6) is 1.62. The second-order valence-electron chi connectivity index (χ2n) is 5.90. The molecular formula is C15H29NOS. The molecule has 0 amide bonds. The van der Waals surface area contributed by atoms with E-state index in [0.29, 0.717) is 12.0 Å². The third-order valence-electron chi connectivity index (χ3n) is 3.95. The van der Waals surface area contributed by atoms with Crippen molar-refractivity contribution in [3.05, 3.63) is 12.2 Å². The molecule has 1 N–H and O–H groups in total. The van der Waals surface area contributed by atoms with Crippen LogP contribution < -0.4 is 5.32 Å². The highest BCUT2D eigenvalue weighted by atomic mass is 32.2. The zero-order valence-corrected chi connectivity index (χ0v) is 13.5. The molecule has 0 saturated carbocycles. The molecule has 2 nitrogen and oxygen atoms in total. The first-order valence-electron chi connectivity index (χ1n) is 7.00. The Morgan fingerprint density at radius 3 is 2.67 bits per heavy atom. The second-order valence-corrected chi connectivity index (χ2v) is 7.30. The van der Waals surface area contributed by atoms with E-state index in [1.165, 1.54) is 0 Å². The molecule has 106 valence electrons. The van der Waals surface area contributed by atoms with Crippen molar-refractivity contribution in [3.8, 4) is 0 Å². The maximum absolute atomic E-state index is 6.19. The fraction of sp³-hybridized carbons (Fsp3) is 0.867. The van der Waals surface area contributed by atoms with Gasteiger partial charge in [-0.1, -0.05) is 26.0 Å². The highest BCUT2D eigenvalue weighted by molar-refractivity contribution is 7.99. The van der Waals surface area contributed by atoms with Crippen LogP contribution in [0.2, 0.25) is 0 Å². The van der Waals surface area contributed by atoms with Crippen LogP contribution in [0.15, 0.2) is 12.2 Å².